The Bertz CT molecular complexity index is 868. The molecule has 30 heavy (non-hydrogen) atoms. The van der Waals surface area contributed by atoms with Crippen LogP contribution < -0.4 is 5.32 Å². The van der Waals surface area contributed by atoms with Crippen molar-refractivity contribution in [3.8, 4) is 0 Å². The second-order valence-electron chi connectivity index (χ2n) is 7.92. The lowest BCUT2D eigenvalue weighted by atomic mass is 9.91. The number of aromatic nitrogens is 1. The van der Waals surface area contributed by atoms with Crippen molar-refractivity contribution in [2.24, 2.45) is 0 Å². The van der Waals surface area contributed by atoms with Crippen LogP contribution in [-0.2, 0) is 14.3 Å². The Morgan fingerprint density at radius 1 is 1.13 bits per heavy atom. The number of nitrogens with one attached hydrogen (secondary N) is 1. The topological polar surface area (TPSA) is 77.5 Å². The Morgan fingerprint density at radius 2 is 1.83 bits per heavy atom. The monoisotopic (exact) mass is 410 g/mol. The molecule has 6 nitrogen and oxygen atoms in total. The van der Waals surface area contributed by atoms with Gasteiger partial charge in [0.05, 0.1) is 6.61 Å². The fourth-order valence-electron chi connectivity index (χ4n) is 2.93. The number of ether oxygens (including phenoxy) is 2. The lowest BCUT2D eigenvalue weighted by molar-refractivity contribution is -0.137. The fourth-order valence-corrected chi connectivity index (χ4v) is 2.93. The number of hydrogen-bond donors (Lipinski definition) is 1. The van der Waals surface area contributed by atoms with Gasteiger partial charge in [0.1, 0.15) is 5.60 Å². The molecule has 1 amide bonds. The zero-order valence-electron chi connectivity index (χ0n) is 18.3. The van der Waals surface area contributed by atoms with Gasteiger partial charge in [-0.2, -0.15) is 0 Å². The van der Waals surface area contributed by atoms with E-state index >= 15 is 0 Å². The molecule has 1 N–H and O–H groups in total. The number of benzene rings is 1. The summed E-state index contributed by atoms with van der Waals surface area (Å²) in [5.74, 6) is -0.441. The predicted octanol–water partition coefficient (Wildman–Crippen LogP) is 4.70. The normalized spacial score (nSPS) is 12.8. The van der Waals surface area contributed by atoms with E-state index in [1.165, 1.54) is 6.08 Å². The molecule has 0 radical (unpaired) electrons. The van der Waals surface area contributed by atoms with Crippen LogP contribution >= 0.6 is 0 Å². The van der Waals surface area contributed by atoms with Gasteiger partial charge < -0.3 is 14.8 Å². The van der Waals surface area contributed by atoms with E-state index in [0.717, 1.165) is 22.3 Å². The zero-order chi connectivity index (χ0) is 22.1. The van der Waals surface area contributed by atoms with Gasteiger partial charge in [-0.1, -0.05) is 30.3 Å². The summed E-state index contributed by atoms with van der Waals surface area (Å²) in [5.41, 5.74) is 3.20. The Kier molecular flexibility index (Phi) is 8.16. The first-order valence-electron chi connectivity index (χ1n) is 10.0. The number of pyridine rings is 1. The third-order valence-electron chi connectivity index (χ3n) is 4.33. The second kappa shape index (κ2) is 10.6. The molecule has 1 atom stereocenters. The molecule has 0 aliphatic rings. The van der Waals surface area contributed by atoms with Crippen molar-refractivity contribution in [2.75, 3.05) is 13.2 Å². The molecule has 1 heterocycles. The van der Waals surface area contributed by atoms with Gasteiger partial charge in [-0.05, 0) is 62.9 Å². The average molecular weight is 411 g/mol. The minimum absolute atomic E-state index is 0.0883. The van der Waals surface area contributed by atoms with Crippen LogP contribution in [0.5, 0.6) is 0 Å². The summed E-state index contributed by atoms with van der Waals surface area (Å²) < 4.78 is 10.3. The van der Waals surface area contributed by atoms with E-state index in [2.05, 4.69) is 10.3 Å². The van der Waals surface area contributed by atoms with Crippen LogP contribution in [-0.4, -0.2) is 35.8 Å². The van der Waals surface area contributed by atoms with Gasteiger partial charge in [0.25, 0.3) is 0 Å². The van der Waals surface area contributed by atoms with Crippen molar-refractivity contribution in [2.45, 2.75) is 46.1 Å². The molecule has 1 aromatic carbocycles. The van der Waals surface area contributed by atoms with Gasteiger partial charge in [0, 0.05) is 30.9 Å². The highest BCUT2D eigenvalue weighted by Gasteiger charge is 2.19. The Hall–Kier alpha value is -3.15. The van der Waals surface area contributed by atoms with E-state index in [-0.39, 0.29) is 11.9 Å². The molecule has 2 aromatic rings. The molecule has 6 heteroatoms. The fraction of sp³-hybridized carbons (Fsp3) is 0.375. The third-order valence-corrected chi connectivity index (χ3v) is 4.33. The molecular weight excluding hydrogens is 380 g/mol. The molecular formula is C24H30N2O4. The molecule has 2 rings (SSSR count). The lowest BCUT2D eigenvalue weighted by Gasteiger charge is -2.22. The Labute approximate surface area is 178 Å². The molecule has 0 saturated heterocycles. The molecule has 0 fully saturated rings. The Balaban J connectivity index is 2.20. The highest BCUT2D eigenvalue weighted by atomic mass is 16.6. The van der Waals surface area contributed by atoms with Gasteiger partial charge in [-0.25, -0.2) is 9.59 Å². The smallest absolute Gasteiger partial charge is 0.407 e. The van der Waals surface area contributed by atoms with Crippen LogP contribution in [0.4, 0.5) is 4.79 Å². The summed E-state index contributed by atoms with van der Waals surface area (Å²) >= 11 is 0. The van der Waals surface area contributed by atoms with Crippen molar-refractivity contribution in [3.05, 3.63) is 71.6 Å². The number of amides is 1. The van der Waals surface area contributed by atoms with Crippen molar-refractivity contribution in [1.82, 2.24) is 10.3 Å². The third kappa shape index (κ3) is 7.35. The molecule has 0 saturated carbocycles. The van der Waals surface area contributed by atoms with Gasteiger partial charge in [0.15, 0.2) is 0 Å². The highest BCUT2D eigenvalue weighted by Crippen LogP contribution is 2.25. The quantitative estimate of drug-likeness (QED) is 0.529. The maximum absolute atomic E-state index is 12.1. The Morgan fingerprint density at radius 3 is 2.40 bits per heavy atom. The number of hydrogen-bond acceptors (Lipinski definition) is 5. The summed E-state index contributed by atoms with van der Waals surface area (Å²) in [5, 5.41) is 2.85. The van der Waals surface area contributed by atoms with Gasteiger partial charge in [-0.3, -0.25) is 4.98 Å². The summed E-state index contributed by atoms with van der Waals surface area (Å²) in [6.45, 7) is 9.85. The molecule has 1 aromatic heterocycles. The second-order valence-corrected chi connectivity index (χ2v) is 7.92. The van der Waals surface area contributed by atoms with E-state index in [9.17, 15) is 9.59 Å². The number of esters is 1. The largest absolute Gasteiger partial charge is 0.463 e. The summed E-state index contributed by atoms with van der Waals surface area (Å²) in [6, 6.07) is 11.7. The maximum atomic E-state index is 12.1. The number of allylic oxidation sites excluding steroid dienone is 1. The first-order valence-corrected chi connectivity index (χ1v) is 10.0. The van der Waals surface area contributed by atoms with E-state index in [4.69, 9.17) is 9.47 Å². The molecule has 0 bridgehead atoms. The van der Waals surface area contributed by atoms with E-state index in [1.807, 2.05) is 64.1 Å². The number of carbonyl (C=O) groups excluding carboxylic acids is 2. The van der Waals surface area contributed by atoms with Crippen molar-refractivity contribution in [3.63, 3.8) is 0 Å². The van der Waals surface area contributed by atoms with E-state index in [0.29, 0.717) is 13.2 Å². The van der Waals surface area contributed by atoms with Crippen LogP contribution in [0.25, 0.3) is 5.57 Å². The van der Waals surface area contributed by atoms with Gasteiger partial charge >= 0.3 is 12.1 Å². The highest BCUT2D eigenvalue weighted by molar-refractivity contribution is 5.90. The van der Waals surface area contributed by atoms with E-state index < -0.39 is 11.7 Å². The van der Waals surface area contributed by atoms with E-state index in [1.54, 1.807) is 19.3 Å². The number of rotatable bonds is 7. The van der Waals surface area contributed by atoms with Crippen molar-refractivity contribution in [1.29, 1.82) is 0 Å². The average Bonchev–Trinajstić information content (AvgIpc) is 2.68. The summed E-state index contributed by atoms with van der Waals surface area (Å²) in [7, 11) is 0. The number of alkyl carbamates (subject to hydrolysis) is 1. The minimum atomic E-state index is -0.557. The standard InChI is InChI=1S/C24H30N2O4/c1-6-29-22(27)14-17(2)18-9-11-19(12-10-18)21(20-8-7-13-25-15-20)16-26-23(28)30-24(3,4)5/h7-15,21H,6,16H2,1-5H3,(H,26,28). The molecule has 160 valence electrons. The lowest BCUT2D eigenvalue weighted by Crippen LogP contribution is -2.35. The molecule has 0 aliphatic carbocycles. The predicted molar refractivity (Wildman–Crippen MR) is 117 cm³/mol. The van der Waals surface area contributed by atoms with Crippen LogP contribution in [0.15, 0.2) is 54.9 Å². The SMILES string of the molecule is CCOC(=O)C=C(C)c1ccc(C(CNC(=O)OC(C)(C)C)c2cccnc2)cc1. The number of nitrogens with zero attached hydrogens (tertiary/aromatic N) is 1. The van der Waals surface area contributed by atoms with Crippen molar-refractivity contribution >= 4 is 17.6 Å². The minimum Gasteiger partial charge on any atom is -0.463 e. The molecule has 1 unspecified atom stereocenters. The van der Waals surface area contributed by atoms with Crippen molar-refractivity contribution < 1.29 is 19.1 Å². The number of carbonyl (C=O) groups is 2. The van der Waals surface area contributed by atoms with Crippen LogP contribution in [0.1, 0.15) is 57.2 Å². The van der Waals surface area contributed by atoms with Crippen LogP contribution in [0.3, 0.4) is 0 Å². The van der Waals surface area contributed by atoms with Gasteiger partial charge in [0.2, 0.25) is 0 Å². The summed E-state index contributed by atoms with van der Waals surface area (Å²) in [4.78, 5) is 28.0. The first kappa shape index (κ1) is 23.1. The van der Waals surface area contributed by atoms with Crippen LogP contribution in [0, 0.1) is 0 Å². The van der Waals surface area contributed by atoms with Gasteiger partial charge in [-0.15, -0.1) is 0 Å². The molecule has 0 aliphatic heterocycles. The maximum Gasteiger partial charge on any atom is 0.407 e. The summed E-state index contributed by atoms with van der Waals surface area (Å²) in [6.07, 6.45) is 4.54. The molecule has 0 spiro atoms. The van der Waals surface area contributed by atoms with Crippen LogP contribution in [0.2, 0.25) is 0 Å². The zero-order valence-corrected chi connectivity index (χ0v) is 18.3. The first-order chi connectivity index (χ1) is 14.2.